The van der Waals surface area contributed by atoms with Crippen molar-refractivity contribution >= 4 is 19.2 Å². The topological polar surface area (TPSA) is 9.23 Å². The summed E-state index contributed by atoms with van der Waals surface area (Å²) >= 11 is 0. The Bertz CT molecular complexity index is 872. The van der Waals surface area contributed by atoms with Crippen LogP contribution in [-0.4, -0.2) is 0 Å². The zero-order valence-corrected chi connectivity index (χ0v) is 16.0. The van der Waals surface area contributed by atoms with Crippen LogP contribution in [0.1, 0.15) is 11.1 Å². The standard InChI is InChI=1S/C13H10O.C12H11P/c1-3-7-12-10(5-1)9-11-6-2-4-8-13(11)14-12;1-3-7-11(8-4-1)13-12-9-5-2-6-10-12/h1-8H,9H2;1-10,13H. The third-order valence-electron chi connectivity index (χ3n) is 4.38. The van der Waals surface area contributed by atoms with Gasteiger partial charge in [0, 0.05) is 6.42 Å². The van der Waals surface area contributed by atoms with E-state index in [0.717, 1.165) is 26.5 Å². The van der Waals surface area contributed by atoms with Crippen molar-refractivity contribution in [3.63, 3.8) is 0 Å². The lowest BCUT2D eigenvalue weighted by Crippen LogP contribution is -2.01. The Morgan fingerprint density at radius 1 is 0.481 bits per heavy atom. The third kappa shape index (κ3) is 4.64. The van der Waals surface area contributed by atoms with Crippen LogP contribution in [0.5, 0.6) is 11.5 Å². The van der Waals surface area contributed by atoms with Gasteiger partial charge in [0.2, 0.25) is 0 Å². The normalized spacial score (nSPS) is 11.3. The molecule has 0 fully saturated rings. The molecule has 0 aromatic heterocycles. The van der Waals surface area contributed by atoms with Crippen LogP contribution in [0.3, 0.4) is 0 Å². The number of rotatable bonds is 2. The van der Waals surface area contributed by atoms with Gasteiger partial charge in [-0.3, -0.25) is 0 Å². The number of para-hydroxylation sites is 2. The highest BCUT2D eigenvalue weighted by atomic mass is 31.1. The van der Waals surface area contributed by atoms with Gasteiger partial charge >= 0.3 is 0 Å². The second kappa shape index (κ2) is 8.66. The van der Waals surface area contributed by atoms with Crippen molar-refractivity contribution in [2.24, 2.45) is 0 Å². The fraction of sp³-hybridized carbons (Fsp3) is 0.0400. The number of hydrogen-bond acceptors (Lipinski definition) is 1. The van der Waals surface area contributed by atoms with E-state index in [4.69, 9.17) is 4.74 Å². The predicted molar refractivity (Wildman–Crippen MR) is 116 cm³/mol. The van der Waals surface area contributed by atoms with Crippen LogP contribution in [-0.2, 0) is 6.42 Å². The Morgan fingerprint density at radius 3 is 1.37 bits per heavy atom. The van der Waals surface area contributed by atoms with E-state index < -0.39 is 0 Å². The lowest BCUT2D eigenvalue weighted by atomic mass is 10.0. The minimum absolute atomic E-state index is 0.777. The first kappa shape index (κ1) is 17.5. The molecule has 0 aliphatic carbocycles. The van der Waals surface area contributed by atoms with E-state index in [2.05, 4.69) is 84.9 Å². The van der Waals surface area contributed by atoms with Gasteiger partial charge in [0.25, 0.3) is 0 Å². The van der Waals surface area contributed by atoms with E-state index in [1.165, 1.54) is 21.7 Å². The summed E-state index contributed by atoms with van der Waals surface area (Å²) in [6.45, 7) is 0. The molecular weight excluding hydrogens is 347 g/mol. The predicted octanol–water partition coefficient (Wildman–Crippen LogP) is 5.70. The molecule has 4 aromatic rings. The number of ether oxygens (including phenoxy) is 1. The molecule has 1 heterocycles. The van der Waals surface area contributed by atoms with Crippen molar-refractivity contribution in [2.45, 2.75) is 6.42 Å². The molecule has 1 aliphatic heterocycles. The summed E-state index contributed by atoms with van der Waals surface area (Å²) in [4.78, 5) is 0. The fourth-order valence-electron chi connectivity index (χ4n) is 3.03. The first-order valence-corrected chi connectivity index (χ1v) is 10.1. The van der Waals surface area contributed by atoms with Gasteiger partial charge in [-0.1, -0.05) is 106 Å². The van der Waals surface area contributed by atoms with Crippen molar-refractivity contribution < 1.29 is 4.74 Å². The summed E-state index contributed by atoms with van der Waals surface area (Å²) in [6.07, 6.45) is 0.979. The number of hydrogen-bond donors (Lipinski definition) is 0. The Labute approximate surface area is 162 Å². The van der Waals surface area contributed by atoms with Crippen LogP contribution < -0.4 is 15.3 Å². The average Bonchev–Trinajstić information content (AvgIpc) is 2.74. The lowest BCUT2D eigenvalue weighted by molar-refractivity contribution is 0.460. The van der Waals surface area contributed by atoms with Crippen LogP contribution in [0.15, 0.2) is 109 Å². The van der Waals surface area contributed by atoms with Crippen molar-refractivity contribution in [1.29, 1.82) is 0 Å². The van der Waals surface area contributed by atoms with Crippen molar-refractivity contribution in [2.75, 3.05) is 0 Å². The molecule has 0 bridgehead atoms. The zero-order chi connectivity index (χ0) is 18.3. The second-order valence-corrected chi connectivity index (χ2v) is 7.76. The van der Waals surface area contributed by atoms with Crippen LogP contribution in [0.2, 0.25) is 0 Å². The van der Waals surface area contributed by atoms with Crippen LogP contribution in [0.4, 0.5) is 0 Å². The van der Waals surface area contributed by atoms with Gasteiger partial charge < -0.3 is 4.74 Å². The van der Waals surface area contributed by atoms with Crippen LogP contribution >= 0.6 is 8.58 Å². The molecule has 0 saturated carbocycles. The van der Waals surface area contributed by atoms with Gasteiger partial charge in [0.1, 0.15) is 11.5 Å². The maximum absolute atomic E-state index is 5.78. The lowest BCUT2D eigenvalue weighted by Gasteiger charge is -2.19. The molecule has 0 spiro atoms. The molecule has 0 atom stereocenters. The molecule has 0 saturated heterocycles. The summed E-state index contributed by atoms with van der Waals surface area (Å²) in [5, 5.41) is 2.79. The maximum Gasteiger partial charge on any atom is 0.130 e. The van der Waals surface area contributed by atoms with Gasteiger partial charge in [-0.15, -0.1) is 0 Å². The highest BCUT2D eigenvalue weighted by molar-refractivity contribution is 7.55. The van der Waals surface area contributed by atoms with Crippen LogP contribution in [0, 0.1) is 0 Å². The van der Waals surface area contributed by atoms with E-state index >= 15 is 0 Å². The van der Waals surface area contributed by atoms with E-state index in [1.54, 1.807) is 0 Å². The summed E-state index contributed by atoms with van der Waals surface area (Å²) in [7, 11) is 0.777. The van der Waals surface area contributed by atoms with Crippen molar-refractivity contribution in [3.05, 3.63) is 120 Å². The molecule has 0 N–H and O–H groups in total. The molecule has 0 amide bonds. The first-order chi connectivity index (χ1) is 13.4. The Morgan fingerprint density at radius 2 is 0.889 bits per heavy atom. The molecule has 27 heavy (non-hydrogen) atoms. The van der Waals surface area contributed by atoms with Crippen molar-refractivity contribution in [3.8, 4) is 11.5 Å². The van der Waals surface area contributed by atoms with Crippen LogP contribution in [0.25, 0.3) is 0 Å². The average molecular weight is 368 g/mol. The molecule has 2 heteroatoms. The minimum Gasteiger partial charge on any atom is -0.457 e. The fourth-order valence-corrected chi connectivity index (χ4v) is 4.08. The summed E-state index contributed by atoms with van der Waals surface area (Å²) in [5.41, 5.74) is 2.54. The molecule has 132 valence electrons. The first-order valence-electron chi connectivity index (χ1n) is 9.09. The number of fused-ring (bicyclic) bond motifs is 2. The molecule has 1 nitrogen and oxygen atoms in total. The Kier molecular flexibility index (Phi) is 5.62. The quantitative estimate of drug-likeness (QED) is 0.363. The zero-order valence-electron chi connectivity index (χ0n) is 15.0. The highest BCUT2D eigenvalue weighted by Crippen LogP contribution is 2.35. The SMILES string of the molecule is c1ccc(Pc2ccccc2)cc1.c1ccc2c(c1)Cc1ccccc1O2. The largest absolute Gasteiger partial charge is 0.457 e. The molecule has 5 rings (SSSR count). The van der Waals surface area contributed by atoms with Gasteiger partial charge in [-0.2, -0.15) is 0 Å². The summed E-state index contributed by atoms with van der Waals surface area (Å²) in [6, 6.07) is 37.5. The minimum atomic E-state index is 0.777. The third-order valence-corrected chi connectivity index (χ3v) is 5.63. The maximum atomic E-state index is 5.78. The van der Waals surface area contributed by atoms with E-state index in [1.807, 2.05) is 24.3 Å². The van der Waals surface area contributed by atoms with Gasteiger partial charge in [-0.25, -0.2) is 0 Å². The van der Waals surface area contributed by atoms with Gasteiger partial charge in [-0.05, 0) is 33.9 Å². The Balaban J connectivity index is 0.000000134. The van der Waals surface area contributed by atoms with Gasteiger partial charge in [0.15, 0.2) is 0 Å². The Hall–Kier alpha value is -2.89. The molecular formula is C25H21OP. The van der Waals surface area contributed by atoms with E-state index in [0.29, 0.717) is 0 Å². The van der Waals surface area contributed by atoms with E-state index in [-0.39, 0.29) is 0 Å². The van der Waals surface area contributed by atoms with Crippen molar-refractivity contribution in [1.82, 2.24) is 0 Å². The highest BCUT2D eigenvalue weighted by Gasteiger charge is 2.14. The smallest absolute Gasteiger partial charge is 0.130 e. The van der Waals surface area contributed by atoms with E-state index in [9.17, 15) is 0 Å². The van der Waals surface area contributed by atoms with Gasteiger partial charge in [0.05, 0.1) is 0 Å². The summed E-state index contributed by atoms with van der Waals surface area (Å²) in [5.74, 6) is 1.98. The monoisotopic (exact) mass is 368 g/mol. The molecule has 0 unspecified atom stereocenters. The molecule has 4 aromatic carbocycles. The second-order valence-electron chi connectivity index (χ2n) is 6.35. The molecule has 0 radical (unpaired) electrons. The number of benzene rings is 4. The summed E-state index contributed by atoms with van der Waals surface area (Å²) < 4.78 is 5.78. The molecule has 1 aliphatic rings.